The molecule has 8 nitrogen and oxygen atoms in total. The minimum absolute atomic E-state index is 0.163. The summed E-state index contributed by atoms with van der Waals surface area (Å²) in [6.07, 6.45) is 3.35. The third kappa shape index (κ3) is 5.59. The summed E-state index contributed by atoms with van der Waals surface area (Å²) in [6.45, 7) is 5.34. The standard InChI is InChI=1S/C25H28N2O6S/c1-3-5-6-12-31-18-9-7-8-17(13-18)24(29)26-25-27(11-10-23(28)30-4-2)19-14-20-21(33-16-32-20)15-22(19)34-25/h7-9,13-15H,3-6,10-12,16H2,1-2H3. The molecule has 0 saturated carbocycles. The zero-order valence-electron chi connectivity index (χ0n) is 19.4. The number of aromatic nitrogens is 1. The summed E-state index contributed by atoms with van der Waals surface area (Å²) in [4.78, 5) is 29.9. The van der Waals surface area contributed by atoms with Crippen molar-refractivity contribution in [3.05, 3.63) is 46.8 Å². The molecule has 3 aromatic rings. The monoisotopic (exact) mass is 484 g/mol. The van der Waals surface area contributed by atoms with Crippen LogP contribution < -0.4 is 19.0 Å². The van der Waals surface area contributed by atoms with Crippen LogP contribution >= 0.6 is 11.3 Å². The summed E-state index contributed by atoms with van der Waals surface area (Å²) in [5, 5.41) is 0. The van der Waals surface area contributed by atoms with E-state index in [0.717, 1.165) is 29.5 Å². The third-order valence-corrected chi connectivity index (χ3v) is 6.36. The fourth-order valence-electron chi connectivity index (χ4n) is 3.61. The number of benzene rings is 2. The van der Waals surface area contributed by atoms with Gasteiger partial charge in [-0.3, -0.25) is 9.59 Å². The first-order chi connectivity index (χ1) is 16.6. The van der Waals surface area contributed by atoms with Gasteiger partial charge in [0.2, 0.25) is 6.79 Å². The van der Waals surface area contributed by atoms with Gasteiger partial charge in [0.1, 0.15) is 5.75 Å². The van der Waals surface area contributed by atoms with Crippen molar-refractivity contribution in [2.75, 3.05) is 20.0 Å². The Morgan fingerprint density at radius 1 is 1.12 bits per heavy atom. The number of ether oxygens (including phenoxy) is 4. The number of amides is 1. The third-order valence-electron chi connectivity index (χ3n) is 5.32. The number of hydrogen-bond acceptors (Lipinski definition) is 7. The molecule has 2 heterocycles. The Morgan fingerprint density at radius 3 is 2.74 bits per heavy atom. The van der Waals surface area contributed by atoms with Crippen molar-refractivity contribution < 1.29 is 28.5 Å². The quantitative estimate of drug-likeness (QED) is 0.306. The minimum Gasteiger partial charge on any atom is -0.494 e. The largest absolute Gasteiger partial charge is 0.494 e. The van der Waals surface area contributed by atoms with Crippen LogP contribution in [0.5, 0.6) is 17.2 Å². The van der Waals surface area contributed by atoms with Crippen LogP contribution in [-0.2, 0) is 16.1 Å². The Bertz CT molecular complexity index is 1250. The first-order valence-corrected chi connectivity index (χ1v) is 12.3. The SMILES string of the molecule is CCCCCOc1cccc(C(=O)N=c2sc3cc4c(cc3n2CCC(=O)OCC)OCO4)c1. The molecule has 0 atom stereocenters. The van der Waals surface area contributed by atoms with E-state index in [9.17, 15) is 9.59 Å². The van der Waals surface area contributed by atoms with Gasteiger partial charge >= 0.3 is 5.97 Å². The van der Waals surface area contributed by atoms with Crippen LogP contribution in [0.4, 0.5) is 0 Å². The molecular weight excluding hydrogens is 456 g/mol. The molecule has 2 aromatic carbocycles. The van der Waals surface area contributed by atoms with Gasteiger partial charge in [0, 0.05) is 24.2 Å². The van der Waals surface area contributed by atoms with E-state index in [4.69, 9.17) is 18.9 Å². The highest BCUT2D eigenvalue weighted by atomic mass is 32.1. The van der Waals surface area contributed by atoms with Gasteiger partial charge in [-0.2, -0.15) is 4.99 Å². The Labute approximate surface area is 201 Å². The van der Waals surface area contributed by atoms with E-state index in [0.29, 0.717) is 47.4 Å². The Balaban J connectivity index is 1.64. The van der Waals surface area contributed by atoms with E-state index in [1.54, 1.807) is 25.1 Å². The highest BCUT2D eigenvalue weighted by Gasteiger charge is 2.19. The number of thiazole rings is 1. The average molecular weight is 485 g/mol. The molecule has 1 aliphatic heterocycles. The number of hydrogen-bond donors (Lipinski definition) is 0. The van der Waals surface area contributed by atoms with E-state index < -0.39 is 0 Å². The number of aryl methyl sites for hydroxylation is 1. The first-order valence-electron chi connectivity index (χ1n) is 11.5. The molecule has 0 spiro atoms. The average Bonchev–Trinajstić information content (AvgIpc) is 3.42. The lowest BCUT2D eigenvalue weighted by Crippen LogP contribution is -2.19. The van der Waals surface area contributed by atoms with E-state index >= 15 is 0 Å². The van der Waals surface area contributed by atoms with Crippen LogP contribution in [0.3, 0.4) is 0 Å². The van der Waals surface area contributed by atoms with Gasteiger partial charge in [0.15, 0.2) is 16.3 Å². The Kier molecular flexibility index (Phi) is 7.84. The number of unbranched alkanes of at least 4 members (excludes halogenated alkanes) is 2. The highest BCUT2D eigenvalue weighted by Crippen LogP contribution is 2.37. The second-order valence-corrected chi connectivity index (χ2v) is 8.77. The zero-order valence-corrected chi connectivity index (χ0v) is 20.2. The van der Waals surface area contributed by atoms with Crippen molar-refractivity contribution in [2.45, 2.75) is 46.1 Å². The summed E-state index contributed by atoms with van der Waals surface area (Å²) in [5.41, 5.74) is 1.26. The van der Waals surface area contributed by atoms with Crippen molar-refractivity contribution in [2.24, 2.45) is 4.99 Å². The molecule has 34 heavy (non-hydrogen) atoms. The number of carbonyl (C=O) groups is 2. The van der Waals surface area contributed by atoms with Gasteiger partial charge in [-0.25, -0.2) is 0 Å². The zero-order chi connectivity index (χ0) is 23.9. The van der Waals surface area contributed by atoms with Crippen LogP contribution in [0.2, 0.25) is 0 Å². The smallest absolute Gasteiger partial charge is 0.307 e. The summed E-state index contributed by atoms with van der Waals surface area (Å²) in [5.74, 6) is 1.24. The van der Waals surface area contributed by atoms with Crippen molar-refractivity contribution in [3.63, 3.8) is 0 Å². The van der Waals surface area contributed by atoms with Gasteiger partial charge in [-0.1, -0.05) is 37.2 Å². The Morgan fingerprint density at radius 2 is 1.94 bits per heavy atom. The summed E-state index contributed by atoms with van der Waals surface area (Å²) < 4.78 is 24.6. The molecule has 9 heteroatoms. The molecule has 4 rings (SSSR count). The van der Waals surface area contributed by atoms with Gasteiger partial charge in [-0.15, -0.1) is 0 Å². The first kappa shape index (κ1) is 23.8. The van der Waals surface area contributed by atoms with Crippen LogP contribution in [0.15, 0.2) is 41.4 Å². The van der Waals surface area contributed by atoms with E-state index in [1.807, 2.05) is 22.8 Å². The maximum Gasteiger partial charge on any atom is 0.307 e. The second-order valence-electron chi connectivity index (χ2n) is 7.76. The summed E-state index contributed by atoms with van der Waals surface area (Å²) >= 11 is 1.36. The van der Waals surface area contributed by atoms with E-state index in [2.05, 4.69) is 11.9 Å². The van der Waals surface area contributed by atoms with Gasteiger partial charge in [0.05, 0.1) is 29.9 Å². The number of carbonyl (C=O) groups excluding carboxylic acids is 2. The molecule has 1 aliphatic rings. The van der Waals surface area contributed by atoms with Crippen LogP contribution in [0.1, 0.15) is 49.9 Å². The normalized spacial score (nSPS) is 12.8. The molecule has 1 amide bonds. The molecule has 0 unspecified atom stereocenters. The maximum atomic E-state index is 13.0. The van der Waals surface area contributed by atoms with Crippen molar-refractivity contribution >= 4 is 33.4 Å². The van der Waals surface area contributed by atoms with Gasteiger partial charge in [0.25, 0.3) is 5.91 Å². The van der Waals surface area contributed by atoms with Gasteiger partial charge in [-0.05, 0) is 31.5 Å². The molecule has 1 aromatic heterocycles. The molecule has 0 fully saturated rings. The maximum absolute atomic E-state index is 13.0. The summed E-state index contributed by atoms with van der Waals surface area (Å²) in [7, 11) is 0. The summed E-state index contributed by atoms with van der Waals surface area (Å²) in [6, 6.07) is 10.8. The predicted molar refractivity (Wildman–Crippen MR) is 129 cm³/mol. The molecule has 0 aliphatic carbocycles. The lowest BCUT2D eigenvalue weighted by atomic mass is 10.2. The molecule has 0 bridgehead atoms. The van der Waals surface area contributed by atoms with E-state index in [-0.39, 0.29) is 25.1 Å². The Hall–Kier alpha value is -3.33. The number of nitrogens with zero attached hydrogens (tertiary/aromatic N) is 2. The second kappa shape index (κ2) is 11.2. The van der Waals surface area contributed by atoms with Crippen LogP contribution in [-0.4, -0.2) is 36.5 Å². The van der Waals surface area contributed by atoms with Crippen molar-refractivity contribution in [1.82, 2.24) is 4.57 Å². The molecule has 0 radical (unpaired) electrons. The fraction of sp³-hybridized carbons (Fsp3) is 0.400. The lowest BCUT2D eigenvalue weighted by molar-refractivity contribution is -0.143. The molecule has 0 saturated heterocycles. The topological polar surface area (TPSA) is 88.4 Å². The molecule has 0 N–H and O–H groups in total. The molecular formula is C25H28N2O6S. The minimum atomic E-state index is -0.379. The van der Waals surface area contributed by atoms with Crippen LogP contribution in [0.25, 0.3) is 10.2 Å². The molecule has 180 valence electrons. The van der Waals surface area contributed by atoms with E-state index in [1.165, 1.54) is 11.3 Å². The fourth-order valence-corrected chi connectivity index (χ4v) is 4.67. The predicted octanol–water partition coefficient (Wildman–Crippen LogP) is 4.69. The van der Waals surface area contributed by atoms with Crippen molar-refractivity contribution in [1.29, 1.82) is 0 Å². The van der Waals surface area contributed by atoms with Crippen LogP contribution in [0, 0.1) is 0 Å². The van der Waals surface area contributed by atoms with Gasteiger partial charge < -0.3 is 23.5 Å². The highest BCUT2D eigenvalue weighted by molar-refractivity contribution is 7.16. The number of esters is 1. The van der Waals surface area contributed by atoms with Crippen molar-refractivity contribution in [3.8, 4) is 17.2 Å². The lowest BCUT2D eigenvalue weighted by Gasteiger charge is -2.07. The number of fused-ring (bicyclic) bond motifs is 2. The number of rotatable bonds is 10.